The molecule has 0 unspecified atom stereocenters. The number of amides is 1. The van der Waals surface area contributed by atoms with Gasteiger partial charge < -0.3 is 9.47 Å². The molecule has 9 heteroatoms. The van der Waals surface area contributed by atoms with E-state index in [9.17, 15) is 9.59 Å². The Morgan fingerprint density at radius 1 is 1.03 bits per heavy atom. The Bertz CT molecular complexity index is 1170. The lowest BCUT2D eigenvalue weighted by atomic mass is 10.2. The summed E-state index contributed by atoms with van der Waals surface area (Å²) >= 11 is 15.2. The fraction of sp³-hybridized carbons (Fsp3) is 0.0870. The van der Waals surface area contributed by atoms with Gasteiger partial charge in [-0.05, 0) is 70.9 Å². The molecule has 0 aliphatic rings. The molecule has 1 N–H and O–H groups in total. The number of nitrogens with zero attached hydrogens (tertiary/aromatic N) is 1. The number of hydrogen-bond donors (Lipinski definition) is 1. The van der Waals surface area contributed by atoms with Crippen LogP contribution >= 0.6 is 39.1 Å². The van der Waals surface area contributed by atoms with Crippen LogP contribution < -0.4 is 14.9 Å². The van der Waals surface area contributed by atoms with Crippen molar-refractivity contribution in [3.8, 4) is 11.5 Å². The molecule has 0 saturated heterocycles. The molecule has 3 rings (SSSR count). The Morgan fingerprint density at radius 3 is 2.47 bits per heavy atom. The largest absolute Gasteiger partial charge is 0.490 e. The van der Waals surface area contributed by atoms with Crippen molar-refractivity contribution in [1.82, 2.24) is 5.43 Å². The van der Waals surface area contributed by atoms with Crippen LogP contribution in [0, 0.1) is 0 Å². The van der Waals surface area contributed by atoms with E-state index in [0.29, 0.717) is 38.5 Å². The van der Waals surface area contributed by atoms with Crippen LogP contribution in [0.3, 0.4) is 0 Å². The second-order valence-electron chi connectivity index (χ2n) is 6.35. The zero-order valence-corrected chi connectivity index (χ0v) is 19.9. The van der Waals surface area contributed by atoms with Gasteiger partial charge in [-0.3, -0.25) is 4.79 Å². The van der Waals surface area contributed by atoms with E-state index in [2.05, 4.69) is 26.5 Å². The highest BCUT2D eigenvalue weighted by molar-refractivity contribution is 9.10. The Hall–Kier alpha value is -2.87. The molecular weight excluding hydrogens is 519 g/mol. The number of esters is 1. The average Bonchev–Trinajstić information content (AvgIpc) is 2.78. The van der Waals surface area contributed by atoms with Crippen LogP contribution in [-0.2, 0) is 0 Å². The molecule has 0 bridgehead atoms. The highest BCUT2D eigenvalue weighted by Crippen LogP contribution is 2.37. The van der Waals surface area contributed by atoms with Crippen LogP contribution in [0.4, 0.5) is 0 Å². The zero-order valence-electron chi connectivity index (χ0n) is 16.8. The first kappa shape index (κ1) is 23.8. The number of hydrazone groups is 1. The maximum Gasteiger partial charge on any atom is 0.343 e. The molecule has 0 heterocycles. The highest BCUT2D eigenvalue weighted by Gasteiger charge is 2.17. The molecule has 6 nitrogen and oxygen atoms in total. The average molecular weight is 536 g/mol. The number of carbonyl (C=O) groups excluding carboxylic acids is 2. The topological polar surface area (TPSA) is 77.0 Å². The minimum atomic E-state index is -0.512. The van der Waals surface area contributed by atoms with E-state index in [-0.39, 0.29) is 10.8 Å². The van der Waals surface area contributed by atoms with Crippen LogP contribution in [0.1, 0.15) is 33.2 Å². The number of halogens is 3. The molecule has 32 heavy (non-hydrogen) atoms. The van der Waals surface area contributed by atoms with Crippen LogP contribution in [0.15, 0.2) is 70.2 Å². The fourth-order valence-electron chi connectivity index (χ4n) is 2.62. The van der Waals surface area contributed by atoms with Gasteiger partial charge in [-0.1, -0.05) is 41.4 Å². The number of benzene rings is 3. The normalized spacial score (nSPS) is 10.8. The predicted molar refractivity (Wildman–Crippen MR) is 128 cm³/mol. The van der Waals surface area contributed by atoms with E-state index < -0.39 is 11.9 Å². The predicted octanol–water partition coefficient (Wildman–Crippen LogP) is 6.14. The van der Waals surface area contributed by atoms with E-state index >= 15 is 0 Å². The summed E-state index contributed by atoms with van der Waals surface area (Å²) in [6, 6.07) is 16.5. The Balaban J connectivity index is 1.76. The van der Waals surface area contributed by atoms with Crippen molar-refractivity contribution >= 4 is 57.2 Å². The summed E-state index contributed by atoms with van der Waals surface area (Å²) < 4.78 is 11.7. The lowest BCUT2D eigenvalue weighted by Gasteiger charge is -2.13. The van der Waals surface area contributed by atoms with Gasteiger partial charge in [0, 0.05) is 5.56 Å². The molecule has 0 atom stereocenters. The van der Waals surface area contributed by atoms with E-state index in [1.54, 1.807) is 42.5 Å². The quantitative estimate of drug-likeness (QED) is 0.171. The molecule has 164 valence electrons. The van der Waals surface area contributed by atoms with Gasteiger partial charge in [0.1, 0.15) is 0 Å². The molecule has 0 radical (unpaired) electrons. The number of ether oxygens (including phenoxy) is 2. The van der Waals surface area contributed by atoms with E-state index in [1.165, 1.54) is 18.3 Å². The van der Waals surface area contributed by atoms with Crippen molar-refractivity contribution in [1.29, 1.82) is 0 Å². The smallest absolute Gasteiger partial charge is 0.343 e. The van der Waals surface area contributed by atoms with Gasteiger partial charge in [-0.2, -0.15) is 5.10 Å². The van der Waals surface area contributed by atoms with Crippen molar-refractivity contribution in [2.75, 3.05) is 6.61 Å². The molecule has 0 aromatic heterocycles. The summed E-state index contributed by atoms with van der Waals surface area (Å²) in [6.07, 6.45) is 1.44. The monoisotopic (exact) mass is 534 g/mol. The lowest BCUT2D eigenvalue weighted by Crippen LogP contribution is -2.17. The third kappa shape index (κ3) is 6.09. The minimum absolute atomic E-state index is 0.248. The molecular formula is C23H17BrCl2N2O4. The Morgan fingerprint density at radius 2 is 1.78 bits per heavy atom. The van der Waals surface area contributed by atoms with Gasteiger partial charge in [0.05, 0.1) is 32.9 Å². The van der Waals surface area contributed by atoms with Gasteiger partial charge in [0.25, 0.3) is 5.91 Å². The Labute approximate surface area is 203 Å². The molecule has 1 amide bonds. The third-order valence-corrected chi connectivity index (χ3v) is 5.43. The summed E-state index contributed by atoms with van der Waals surface area (Å²) in [7, 11) is 0. The molecule has 3 aromatic rings. The number of nitrogens with one attached hydrogen (secondary N) is 1. The summed E-state index contributed by atoms with van der Waals surface area (Å²) in [4.78, 5) is 24.7. The molecule has 0 saturated carbocycles. The summed E-state index contributed by atoms with van der Waals surface area (Å²) in [5.74, 6) is -0.360. The van der Waals surface area contributed by atoms with Gasteiger partial charge in [-0.15, -0.1) is 0 Å². The molecule has 0 aliphatic carbocycles. The summed E-state index contributed by atoms with van der Waals surface area (Å²) in [5.41, 5.74) is 3.76. The first-order chi connectivity index (χ1) is 15.4. The number of rotatable bonds is 7. The highest BCUT2D eigenvalue weighted by atomic mass is 79.9. The number of carbonyl (C=O) groups is 2. The SMILES string of the molecule is CCOc1cc(/C=N\NC(=O)c2ccc(Cl)c(Cl)c2)cc(Br)c1OC(=O)c1ccccc1. The summed E-state index contributed by atoms with van der Waals surface area (Å²) in [6.45, 7) is 2.17. The molecule has 0 fully saturated rings. The zero-order chi connectivity index (χ0) is 23.1. The van der Waals surface area contributed by atoms with E-state index in [4.69, 9.17) is 32.7 Å². The second kappa shape index (κ2) is 11.1. The van der Waals surface area contributed by atoms with Crippen molar-refractivity contribution < 1.29 is 19.1 Å². The van der Waals surface area contributed by atoms with Crippen LogP contribution in [0.25, 0.3) is 0 Å². The van der Waals surface area contributed by atoms with Crippen LogP contribution in [-0.4, -0.2) is 24.7 Å². The van der Waals surface area contributed by atoms with Crippen LogP contribution in [0.2, 0.25) is 10.0 Å². The van der Waals surface area contributed by atoms with E-state index in [1.807, 2.05) is 13.0 Å². The Kier molecular flexibility index (Phi) is 8.27. The van der Waals surface area contributed by atoms with Crippen molar-refractivity contribution in [2.45, 2.75) is 6.92 Å². The van der Waals surface area contributed by atoms with E-state index in [0.717, 1.165) is 0 Å². The van der Waals surface area contributed by atoms with Crippen molar-refractivity contribution in [3.05, 3.63) is 91.9 Å². The second-order valence-corrected chi connectivity index (χ2v) is 8.02. The molecule has 0 spiro atoms. The summed E-state index contributed by atoms with van der Waals surface area (Å²) in [5, 5.41) is 4.59. The molecule has 3 aromatic carbocycles. The fourth-order valence-corrected chi connectivity index (χ4v) is 3.46. The minimum Gasteiger partial charge on any atom is -0.490 e. The van der Waals surface area contributed by atoms with Gasteiger partial charge in [0.15, 0.2) is 11.5 Å². The van der Waals surface area contributed by atoms with Gasteiger partial charge in [0.2, 0.25) is 0 Å². The van der Waals surface area contributed by atoms with Crippen molar-refractivity contribution in [2.24, 2.45) is 5.10 Å². The maximum absolute atomic E-state index is 12.4. The van der Waals surface area contributed by atoms with Crippen molar-refractivity contribution in [3.63, 3.8) is 0 Å². The molecule has 0 aliphatic heterocycles. The van der Waals surface area contributed by atoms with Gasteiger partial charge >= 0.3 is 5.97 Å². The van der Waals surface area contributed by atoms with Gasteiger partial charge in [-0.25, -0.2) is 10.2 Å². The number of hydrogen-bond acceptors (Lipinski definition) is 5. The lowest BCUT2D eigenvalue weighted by molar-refractivity contribution is 0.0726. The first-order valence-corrected chi connectivity index (χ1v) is 11.0. The first-order valence-electron chi connectivity index (χ1n) is 9.41. The third-order valence-electron chi connectivity index (χ3n) is 4.10. The maximum atomic E-state index is 12.4. The van der Waals surface area contributed by atoms with Crippen LogP contribution in [0.5, 0.6) is 11.5 Å². The standard InChI is InChI=1S/C23H17BrCl2N2O4/c1-2-31-20-11-14(13-27-28-22(29)16-8-9-18(25)19(26)12-16)10-17(24)21(20)32-23(30)15-6-4-3-5-7-15/h3-13H,2H2,1H3,(H,28,29)/b27-13-.